The number of carbonyl (C=O) groups excluding carboxylic acids is 1. The lowest BCUT2D eigenvalue weighted by atomic mass is 10.1. The van der Waals surface area contributed by atoms with Crippen molar-refractivity contribution in [2.45, 2.75) is 24.7 Å². The molecular formula is C25H28N2O4S. The number of nitrogens with one attached hydrogen (secondary N) is 1. The van der Waals surface area contributed by atoms with Crippen LogP contribution in [-0.2, 0) is 21.2 Å². The molecule has 7 heteroatoms. The fourth-order valence-corrected chi connectivity index (χ4v) is 4.77. The Morgan fingerprint density at radius 2 is 1.59 bits per heavy atom. The number of benzene rings is 3. The fourth-order valence-electron chi connectivity index (χ4n) is 3.35. The van der Waals surface area contributed by atoms with Crippen LogP contribution in [0.15, 0.2) is 83.8 Å². The van der Waals surface area contributed by atoms with Crippen LogP contribution >= 0.6 is 0 Å². The van der Waals surface area contributed by atoms with Gasteiger partial charge in [-0.25, -0.2) is 8.42 Å². The van der Waals surface area contributed by atoms with Crippen LogP contribution in [0.3, 0.4) is 0 Å². The first kappa shape index (κ1) is 23.3. The summed E-state index contributed by atoms with van der Waals surface area (Å²) in [5.74, 6) is 0.461. The van der Waals surface area contributed by atoms with E-state index in [1.54, 1.807) is 61.7 Å². The summed E-state index contributed by atoms with van der Waals surface area (Å²) >= 11 is 0. The summed E-state index contributed by atoms with van der Waals surface area (Å²) in [7, 11) is -2.26. The minimum atomic E-state index is -3.89. The van der Waals surface area contributed by atoms with Gasteiger partial charge in [-0.05, 0) is 55.7 Å². The van der Waals surface area contributed by atoms with Crippen LogP contribution in [0.5, 0.6) is 5.75 Å². The average Bonchev–Trinajstić information content (AvgIpc) is 2.81. The van der Waals surface area contributed by atoms with Crippen molar-refractivity contribution in [3.05, 3.63) is 90.0 Å². The first-order chi connectivity index (χ1) is 15.4. The van der Waals surface area contributed by atoms with Gasteiger partial charge in [0.15, 0.2) is 0 Å². The number of nitrogens with zero attached hydrogens (tertiary/aromatic N) is 1. The molecule has 0 spiro atoms. The monoisotopic (exact) mass is 452 g/mol. The fraction of sp³-hybridized carbons (Fsp3) is 0.240. The van der Waals surface area contributed by atoms with E-state index in [4.69, 9.17) is 4.74 Å². The number of ether oxygens (including phenoxy) is 1. The highest BCUT2D eigenvalue weighted by Crippen LogP contribution is 2.23. The number of amides is 1. The van der Waals surface area contributed by atoms with Gasteiger partial charge in [-0.3, -0.25) is 9.10 Å². The van der Waals surface area contributed by atoms with Gasteiger partial charge in [0.25, 0.3) is 10.0 Å². The molecule has 0 radical (unpaired) electrons. The van der Waals surface area contributed by atoms with Crippen molar-refractivity contribution in [1.29, 1.82) is 0 Å². The largest absolute Gasteiger partial charge is 0.496 e. The molecule has 32 heavy (non-hydrogen) atoms. The molecule has 0 aliphatic carbocycles. The first-order valence-electron chi connectivity index (χ1n) is 10.4. The van der Waals surface area contributed by atoms with Crippen molar-refractivity contribution in [2.24, 2.45) is 0 Å². The van der Waals surface area contributed by atoms with Gasteiger partial charge in [-0.2, -0.15) is 0 Å². The van der Waals surface area contributed by atoms with Crippen molar-refractivity contribution in [3.8, 4) is 5.75 Å². The molecule has 0 saturated heterocycles. The van der Waals surface area contributed by atoms with Crippen molar-refractivity contribution in [2.75, 3.05) is 24.5 Å². The number of aryl methyl sites for hydroxylation is 2. The zero-order valence-corrected chi connectivity index (χ0v) is 19.1. The van der Waals surface area contributed by atoms with Gasteiger partial charge < -0.3 is 10.1 Å². The van der Waals surface area contributed by atoms with Crippen LogP contribution in [0.4, 0.5) is 5.69 Å². The Labute approximate surface area is 189 Å². The molecule has 0 aliphatic rings. The number of hydrogen-bond donors (Lipinski definition) is 1. The minimum absolute atomic E-state index is 0.149. The molecule has 0 atom stereocenters. The second-order valence-electron chi connectivity index (χ2n) is 7.43. The van der Waals surface area contributed by atoms with Gasteiger partial charge in [-0.1, -0.05) is 54.1 Å². The highest BCUT2D eigenvalue weighted by Gasteiger charge is 2.26. The maximum absolute atomic E-state index is 13.3. The van der Waals surface area contributed by atoms with E-state index in [0.717, 1.165) is 27.6 Å². The van der Waals surface area contributed by atoms with E-state index in [9.17, 15) is 13.2 Å². The molecule has 0 saturated carbocycles. The summed E-state index contributed by atoms with van der Waals surface area (Å²) in [4.78, 5) is 12.8. The lowest BCUT2D eigenvalue weighted by Crippen LogP contribution is -2.41. The highest BCUT2D eigenvalue weighted by molar-refractivity contribution is 7.92. The lowest BCUT2D eigenvalue weighted by molar-refractivity contribution is -0.119. The van der Waals surface area contributed by atoms with Crippen LogP contribution in [-0.4, -0.2) is 34.5 Å². The number of para-hydroxylation sites is 2. The van der Waals surface area contributed by atoms with Gasteiger partial charge in [0, 0.05) is 6.54 Å². The summed E-state index contributed by atoms with van der Waals surface area (Å²) in [6.45, 7) is 2.03. The summed E-state index contributed by atoms with van der Waals surface area (Å²) < 4.78 is 33.1. The first-order valence-corrected chi connectivity index (χ1v) is 11.9. The third-order valence-electron chi connectivity index (χ3n) is 5.08. The van der Waals surface area contributed by atoms with Crippen LogP contribution in [0.25, 0.3) is 0 Å². The topological polar surface area (TPSA) is 75.7 Å². The van der Waals surface area contributed by atoms with Gasteiger partial charge in [-0.15, -0.1) is 0 Å². The number of carbonyl (C=O) groups is 1. The zero-order chi connectivity index (χ0) is 23.0. The van der Waals surface area contributed by atoms with Gasteiger partial charge >= 0.3 is 0 Å². The van der Waals surface area contributed by atoms with E-state index in [1.165, 1.54) is 0 Å². The molecule has 0 aromatic heterocycles. The van der Waals surface area contributed by atoms with E-state index < -0.39 is 10.0 Å². The van der Waals surface area contributed by atoms with Gasteiger partial charge in [0.1, 0.15) is 12.3 Å². The molecule has 0 unspecified atom stereocenters. The number of anilines is 1. The highest BCUT2D eigenvalue weighted by atomic mass is 32.2. The maximum atomic E-state index is 13.3. The second kappa shape index (κ2) is 10.8. The maximum Gasteiger partial charge on any atom is 0.264 e. The molecule has 0 aliphatic heterocycles. The molecule has 0 fully saturated rings. The van der Waals surface area contributed by atoms with Gasteiger partial charge in [0.05, 0.1) is 17.7 Å². The summed E-state index contributed by atoms with van der Waals surface area (Å²) in [5, 5.41) is 2.84. The number of sulfonamides is 1. The Hall–Kier alpha value is -3.32. The van der Waals surface area contributed by atoms with E-state index in [-0.39, 0.29) is 17.3 Å². The molecule has 0 heterocycles. The second-order valence-corrected chi connectivity index (χ2v) is 9.29. The van der Waals surface area contributed by atoms with Crippen LogP contribution < -0.4 is 14.4 Å². The number of hydrogen-bond acceptors (Lipinski definition) is 4. The van der Waals surface area contributed by atoms with Crippen molar-refractivity contribution in [3.63, 3.8) is 0 Å². The molecule has 1 N–H and O–H groups in total. The predicted molar refractivity (Wildman–Crippen MR) is 126 cm³/mol. The normalized spacial score (nSPS) is 11.1. The average molecular weight is 453 g/mol. The lowest BCUT2D eigenvalue weighted by Gasteiger charge is -2.24. The summed E-state index contributed by atoms with van der Waals surface area (Å²) in [5.41, 5.74) is 2.47. The molecule has 168 valence electrons. The predicted octanol–water partition coefficient (Wildman–Crippen LogP) is 3.95. The smallest absolute Gasteiger partial charge is 0.264 e. The Balaban J connectivity index is 1.67. The molecule has 0 bridgehead atoms. The van der Waals surface area contributed by atoms with Crippen LogP contribution in [0.1, 0.15) is 17.5 Å². The molecule has 1 amide bonds. The van der Waals surface area contributed by atoms with E-state index in [2.05, 4.69) is 5.32 Å². The zero-order valence-electron chi connectivity index (χ0n) is 18.3. The molecule has 3 aromatic carbocycles. The Morgan fingerprint density at radius 3 is 2.28 bits per heavy atom. The number of rotatable bonds is 10. The van der Waals surface area contributed by atoms with E-state index in [0.29, 0.717) is 18.7 Å². The molecule has 6 nitrogen and oxygen atoms in total. The van der Waals surface area contributed by atoms with Gasteiger partial charge in [0.2, 0.25) is 5.91 Å². The standard InChI is InChI=1S/C25H28N2O4S/c1-20-14-16-23(17-15-20)32(29,30)27(22-11-4-3-5-12-22)19-25(28)26-18-8-10-21-9-6-7-13-24(21)31-2/h3-7,9,11-17H,8,10,18-19H2,1-2H3,(H,26,28). The molecule has 3 rings (SSSR count). The summed E-state index contributed by atoms with van der Waals surface area (Å²) in [6, 6.07) is 23.0. The summed E-state index contributed by atoms with van der Waals surface area (Å²) in [6.07, 6.45) is 1.45. The quantitative estimate of drug-likeness (QED) is 0.473. The van der Waals surface area contributed by atoms with Crippen molar-refractivity contribution < 1.29 is 17.9 Å². The van der Waals surface area contributed by atoms with E-state index in [1.807, 2.05) is 31.2 Å². The third kappa shape index (κ3) is 5.88. The Bertz CT molecular complexity index is 1130. The number of methoxy groups -OCH3 is 1. The molecular weight excluding hydrogens is 424 g/mol. The Morgan fingerprint density at radius 1 is 0.938 bits per heavy atom. The Kier molecular flexibility index (Phi) is 7.89. The van der Waals surface area contributed by atoms with E-state index >= 15 is 0 Å². The van der Waals surface area contributed by atoms with Crippen LogP contribution in [0.2, 0.25) is 0 Å². The van der Waals surface area contributed by atoms with Crippen LogP contribution in [0, 0.1) is 6.92 Å². The molecule has 3 aromatic rings. The SMILES string of the molecule is COc1ccccc1CCCNC(=O)CN(c1ccccc1)S(=O)(=O)c1ccc(C)cc1. The minimum Gasteiger partial charge on any atom is -0.496 e. The third-order valence-corrected chi connectivity index (χ3v) is 6.87. The van der Waals surface area contributed by atoms with Crippen molar-refractivity contribution >= 4 is 21.6 Å². The van der Waals surface area contributed by atoms with Crippen molar-refractivity contribution in [1.82, 2.24) is 5.32 Å².